The normalized spacial score (nSPS) is 10.9. The lowest BCUT2D eigenvalue weighted by atomic mass is 10.1. The van der Waals surface area contributed by atoms with Gasteiger partial charge in [0.2, 0.25) is 11.5 Å². The minimum absolute atomic E-state index is 0.000735. The van der Waals surface area contributed by atoms with Crippen LogP contribution in [0.2, 0.25) is 0 Å². The molecule has 162 valence electrons. The molecule has 0 amide bonds. The highest BCUT2D eigenvalue weighted by Gasteiger charge is 2.28. The van der Waals surface area contributed by atoms with Crippen LogP contribution in [0.25, 0.3) is 28.2 Å². The fraction of sp³-hybridized carbons (Fsp3) is 0.0400. The summed E-state index contributed by atoms with van der Waals surface area (Å²) in [5.41, 5.74) is 4.08. The Labute approximate surface area is 193 Å². The summed E-state index contributed by atoms with van der Waals surface area (Å²) in [7, 11) is 0. The Hall–Kier alpha value is -4.17. The number of hydrogen-bond donors (Lipinski definition) is 1. The zero-order valence-electron chi connectivity index (χ0n) is 17.3. The maximum Gasteiger partial charge on any atom is 0.307 e. The lowest BCUT2D eigenvalue weighted by Gasteiger charge is -2.02. The van der Waals surface area contributed by atoms with Gasteiger partial charge in [-0.1, -0.05) is 90.6 Å². The molecule has 3 aromatic carbocycles. The molecule has 5 rings (SSSR count). The van der Waals surface area contributed by atoms with Crippen molar-refractivity contribution in [2.24, 2.45) is 0 Å². The topological polar surface area (TPSA) is 98.7 Å². The Morgan fingerprint density at radius 1 is 0.909 bits per heavy atom. The molecule has 0 aliphatic carbocycles. The Morgan fingerprint density at radius 2 is 1.52 bits per heavy atom. The molecule has 0 saturated carbocycles. The van der Waals surface area contributed by atoms with Gasteiger partial charge in [0.25, 0.3) is 0 Å². The van der Waals surface area contributed by atoms with Crippen LogP contribution in [-0.2, 0) is 0 Å². The number of H-pyrrole nitrogens is 1. The summed E-state index contributed by atoms with van der Waals surface area (Å²) >= 11 is 1.23. The van der Waals surface area contributed by atoms with E-state index in [2.05, 4.69) is 10.3 Å². The predicted molar refractivity (Wildman–Crippen MR) is 122 cm³/mol. The smallest absolute Gasteiger partial charge is 0.307 e. The van der Waals surface area contributed by atoms with Crippen molar-refractivity contribution in [2.75, 3.05) is 5.75 Å². The standard InChI is InChI=1S/C25H18N4O3S/c30-20(23-24(31)32-28-29(23)19-14-8-3-9-15-19)16-33-25-26-21(17-10-4-1-5-11-17)22(27-25)18-12-6-2-7-13-18/h1-15H,16H2,(H-,26,27,28,30,31). The number of ketones is 1. The molecule has 0 unspecified atom stereocenters. The van der Waals surface area contributed by atoms with E-state index in [1.807, 2.05) is 66.7 Å². The van der Waals surface area contributed by atoms with E-state index >= 15 is 0 Å². The minimum Gasteiger partial charge on any atom is -0.539 e. The third-order valence-electron chi connectivity index (χ3n) is 5.01. The third kappa shape index (κ3) is 4.28. The van der Waals surface area contributed by atoms with E-state index in [9.17, 15) is 9.90 Å². The SMILES string of the molecule is O=C(CSc1nc(-c2ccccc2)c(-c2ccccc2)[nH]1)c1c([O-])on[n+]1-c1ccccc1. The highest BCUT2D eigenvalue weighted by Crippen LogP contribution is 2.32. The first-order valence-electron chi connectivity index (χ1n) is 10.2. The van der Waals surface area contributed by atoms with Crippen molar-refractivity contribution in [1.82, 2.24) is 15.2 Å². The van der Waals surface area contributed by atoms with Crippen LogP contribution < -0.4 is 9.79 Å². The van der Waals surface area contributed by atoms with Crippen LogP contribution in [0.15, 0.2) is 101 Å². The first-order valence-corrected chi connectivity index (χ1v) is 11.2. The molecule has 0 aliphatic heterocycles. The van der Waals surface area contributed by atoms with Crippen LogP contribution in [0, 0.1) is 0 Å². The highest BCUT2D eigenvalue weighted by molar-refractivity contribution is 7.99. The molecular weight excluding hydrogens is 436 g/mol. The van der Waals surface area contributed by atoms with Gasteiger partial charge in [0.15, 0.2) is 11.1 Å². The van der Waals surface area contributed by atoms with Gasteiger partial charge in [-0.15, -0.1) is 0 Å². The number of carbonyl (C=O) groups is 1. The van der Waals surface area contributed by atoms with Crippen LogP contribution in [0.4, 0.5) is 0 Å². The number of carbonyl (C=O) groups excluding carboxylic acids is 1. The van der Waals surface area contributed by atoms with Crippen molar-refractivity contribution in [1.29, 1.82) is 0 Å². The summed E-state index contributed by atoms with van der Waals surface area (Å²) in [4.78, 5) is 21.0. The maximum absolute atomic E-state index is 12.9. The lowest BCUT2D eigenvalue weighted by Crippen LogP contribution is -2.39. The van der Waals surface area contributed by atoms with Gasteiger partial charge >= 0.3 is 5.69 Å². The highest BCUT2D eigenvalue weighted by atomic mass is 32.2. The number of hydrogen-bond acceptors (Lipinski definition) is 6. The summed E-state index contributed by atoms with van der Waals surface area (Å²) in [6, 6.07) is 28.7. The van der Waals surface area contributed by atoms with E-state index in [-0.39, 0.29) is 11.4 Å². The van der Waals surface area contributed by atoms with Gasteiger partial charge in [0.1, 0.15) is 0 Å². The van der Waals surface area contributed by atoms with Crippen molar-refractivity contribution in [3.05, 3.63) is 96.7 Å². The van der Waals surface area contributed by atoms with E-state index in [0.717, 1.165) is 22.5 Å². The van der Waals surface area contributed by atoms with Gasteiger partial charge < -0.3 is 14.6 Å². The van der Waals surface area contributed by atoms with E-state index in [1.54, 1.807) is 24.3 Å². The molecule has 1 N–H and O–H groups in total. The van der Waals surface area contributed by atoms with E-state index in [1.165, 1.54) is 16.4 Å². The number of imidazole rings is 1. The number of Topliss-reactive ketones (excluding diaryl/α,β-unsaturated/α-hetero) is 1. The van der Waals surface area contributed by atoms with E-state index in [4.69, 9.17) is 9.51 Å². The third-order valence-corrected chi connectivity index (χ3v) is 5.88. The zero-order valence-corrected chi connectivity index (χ0v) is 18.2. The van der Waals surface area contributed by atoms with Crippen LogP contribution in [-0.4, -0.2) is 26.8 Å². The maximum atomic E-state index is 12.9. The number of nitrogens with zero attached hydrogens (tertiary/aromatic N) is 3. The average Bonchev–Trinajstić information content (AvgIpc) is 3.48. The number of thioether (sulfide) groups is 1. The molecule has 8 heteroatoms. The summed E-state index contributed by atoms with van der Waals surface area (Å²) in [5, 5.41) is 16.5. The number of aromatic amines is 1. The summed E-state index contributed by atoms with van der Waals surface area (Å²) in [6.07, 6.45) is 0. The molecule has 0 saturated heterocycles. The van der Waals surface area contributed by atoms with Gasteiger partial charge in [0.05, 0.1) is 22.4 Å². The van der Waals surface area contributed by atoms with E-state index < -0.39 is 11.7 Å². The monoisotopic (exact) mass is 454 g/mol. The largest absolute Gasteiger partial charge is 0.539 e. The molecule has 33 heavy (non-hydrogen) atoms. The summed E-state index contributed by atoms with van der Waals surface area (Å²) in [5.74, 6) is -1.16. The second kappa shape index (κ2) is 9.13. The quantitative estimate of drug-likeness (QED) is 0.226. The number of aromatic nitrogens is 4. The lowest BCUT2D eigenvalue weighted by molar-refractivity contribution is -0.672. The van der Waals surface area contributed by atoms with Gasteiger partial charge in [-0.05, 0) is 4.68 Å². The Kier molecular flexibility index (Phi) is 5.73. The van der Waals surface area contributed by atoms with Crippen molar-refractivity contribution in [3.8, 4) is 34.1 Å². The number of para-hydroxylation sites is 1. The second-order valence-electron chi connectivity index (χ2n) is 7.17. The van der Waals surface area contributed by atoms with Crippen molar-refractivity contribution < 1.29 is 19.1 Å². The molecule has 7 nitrogen and oxygen atoms in total. The molecule has 0 aliphatic rings. The molecule has 2 aromatic heterocycles. The molecule has 0 fully saturated rings. The Morgan fingerprint density at radius 3 is 2.18 bits per heavy atom. The molecule has 0 radical (unpaired) electrons. The molecule has 0 bridgehead atoms. The number of rotatable bonds is 7. The van der Waals surface area contributed by atoms with Crippen LogP contribution in [0.1, 0.15) is 10.5 Å². The second-order valence-corrected chi connectivity index (χ2v) is 8.13. The molecule has 0 atom stereocenters. The average molecular weight is 455 g/mol. The number of benzene rings is 3. The number of nitrogens with one attached hydrogen (secondary N) is 1. The van der Waals surface area contributed by atoms with Crippen LogP contribution >= 0.6 is 11.8 Å². The van der Waals surface area contributed by atoms with Crippen molar-refractivity contribution in [2.45, 2.75) is 5.16 Å². The van der Waals surface area contributed by atoms with Crippen molar-refractivity contribution >= 4 is 17.5 Å². The van der Waals surface area contributed by atoms with Crippen LogP contribution in [0.5, 0.6) is 5.95 Å². The molecule has 5 aromatic rings. The zero-order chi connectivity index (χ0) is 22.6. The summed E-state index contributed by atoms with van der Waals surface area (Å²) in [6.45, 7) is 0. The molecular formula is C25H18N4O3S. The fourth-order valence-electron chi connectivity index (χ4n) is 3.47. The summed E-state index contributed by atoms with van der Waals surface area (Å²) < 4.78 is 6.00. The van der Waals surface area contributed by atoms with Gasteiger partial charge in [-0.3, -0.25) is 4.79 Å². The first-order chi connectivity index (χ1) is 16.2. The Bertz CT molecular complexity index is 1330. The van der Waals surface area contributed by atoms with Crippen molar-refractivity contribution in [3.63, 3.8) is 0 Å². The molecule has 2 heterocycles. The Balaban J connectivity index is 1.43. The van der Waals surface area contributed by atoms with Gasteiger partial charge in [0, 0.05) is 23.3 Å². The first kappa shape index (κ1) is 20.7. The van der Waals surface area contributed by atoms with E-state index in [0.29, 0.717) is 10.8 Å². The predicted octanol–water partition coefficient (Wildman–Crippen LogP) is 4.06. The van der Waals surface area contributed by atoms with Crippen LogP contribution in [0.3, 0.4) is 0 Å². The fourth-order valence-corrected chi connectivity index (χ4v) is 4.20. The molecule has 0 spiro atoms. The minimum atomic E-state index is -0.765. The van der Waals surface area contributed by atoms with Gasteiger partial charge in [-0.2, -0.15) is 0 Å². The van der Waals surface area contributed by atoms with Gasteiger partial charge in [-0.25, -0.2) is 4.98 Å².